The van der Waals surface area contributed by atoms with Crippen LogP contribution in [-0.4, -0.2) is 235 Å². The summed E-state index contributed by atoms with van der Waals surface area (Å²) in [5.41, 5.74) is 8.45. The fourth-order valence-corrected chi connectivity index (χ4v) is 24.9. The lowest BCUT2D eigenvalue weighted by Crippen LogP contribution is -2.42. The summed E-state index contributed by atoms with van der Waals surface area (Å²) in [6.45, 7) is 27.2. The molecule has 0 N–H and O–H groups in total. The number of unbranched alkanes of at least 4 members (excludes halogenated alkanes) is 1. The van der Waals surface area contributed by atoms with Crippen molar-refractivity contribution < 1.29 is 38.2 Å². The maximum Gasteiger partial charge on any atom is 0.409 e. The van der Waals surface area contributed by atoms with Crippen LogP contribution in [0.25, 0.3) is 44.1 Å². The van der Waals surface area contributed by atoms with Gasteiger partial charge < -0.3 is 71.7 Å². The van der Waals surface area contributed by atoms with Crippen LogP contribution in [0.2, 0.25) is 0 Å². The second-order valence-electron chi connectivity index (χ2n) is 40.8. The SMILES string of the molecule is CCCCOC(=O)N1CCCC(c2nc3ccccc3n2CCC(=O)N(CC)C2CCCCC2)C1.CCN(C(=O)CCn1c(C2CCC(C)N(c3cccc(OC)n3)C2)nc2ccccc21)C1CCCCC1.CCN(C(=O)CCn1c(C2CCCN(c3cccc(OC)n3)C2)nc2ccccc21)C1CCCCC1.CCc1nsc(N2CCCC(c3nc4ccccc4n3CCC(=O)N(CC)C3CCCCC3)C2)n1. The second kappa shape index (κ2) is 52.0. The Labute approximate surface area is 852 Å². The van der Waals surface area contributed by atoms with Crippen molar-refractivity contribution in [2.24, 2.45) is 0 Å². The molecular formula is C114H160N20O8S. The third-order valence-electron chi connectivity index (χ3n) is 31.7. The smallest absolute Gasteiger partial charge is 0.409 e. The summed E-state index contributed by atoms with van der Waals surface area (Å²) in [6.07, 6.45) is 37.3. The predicted molar refractivity (Wildman–Crippen MR) is 572 cm³/mol. The Hall–Kier alpha value is -11.2. The number of anilines is 3. The van der Waals surface area contributed by atoms with Gasteiger partial charge in [-0.2, -0.15) is 14.3 Å². The number of benzene rings is 4. The minimum absolute atomic E-state index is 0.144. The lowest BCUT2D eigenvalue weighted by Gasteiger charge is -2.39. The average Bonchev–Trinajstić information content (AvgIpc) is 1.63. The van der Waals surface area contributed by atoms with Crippen LogP contribution in [0.1, 0.15) is 320 Å². The third kappa shape index (κ3) is 26.2. The van der Waals surface area contributed by atoms with Crippen molar-refractivity contribution in [1.82, 2.24) is 82.0 Å². The molecule has 4 saturated carbocycles. The van der Waals surface area contributed by atoms with E-state index in [1.165, 1.54) is 88.6 Å². The Morgan fingerprint density at radius 1 is 0.364 bits per heavy atom. The van der Waals surface area contributed by atoms with Crippen LogP contribution in [0.15, 0.2) is 133 Å². The van der Waals surface area contributed by atoms with Crippen molar-refractivity contribution in [2.45, 2.75) is 353 Å². The van der Waals surface area contributed by atoms with Crippen LogP contribution < -0.4 is 24.2 Å². The zero-order valence-electron chi connectivity index (χ0n) is 87.1. The van der Waals surface area contributed by atoms with Gasteiger partial charge in [-0.25, -0.2) is 29.7 Å². The van der Waals surface area contributed by atoms with Gasteiger partial charge >= 0.3 is 6.09 Å². The first-order valence-electron chi connectivity index (χ1n) is 55.1. The molecule has 11 heterocycles. The molecule has 29 heteroatoms. The predicted octanol–water partition coefficient (Wildman–Crippen LogP) is 22.3. The topological polar surface area (TPSA) is 262 Å². The number of nitrogens with zero attached hydrogens (tertiary/aromatic N) is 20. The molecular weight excluding hydrogens is 1810 g/mol. The molecule has 11 aromatic rings. The summed E-state index contributed by atoms with van der Waals surface area (Å²) >= 11 is 1.51. The van der Waals surface area contributed by atoms with E-state index >= 15 is 0 Å². The number of methoxy groups -OCH3 is 2. The summed E-state index contributed by atoms with van der Waals surface area (Å²) in [5.74, 6) is 10.5. The number of hydrogen-bond acceptors (Lipinski definition) is 20. The number of fused-ring (bicyclic) bond motifs is 4. The van der Waals surface area contributed by atoms with E-state index in [4.69, 9.17) is 44.1 Å². The Balaban J connectivity index is 0.000000137. The molecule has 0 radical (unpaired) electrons. The fraction of sp³-hybridized carbons (Fsp3) is 0.605. The third-order valence-corrected chi connectivity index (χ3v) is 32.5. The quantitative estimate of drug-likeness (QED) is 0.0346. The van der Waals surface area contributed by atoms with Gasteiger partial charge in [0.15, 0.2) is 0 Å². The number of rotatable bonds is 33. The van der Waals surface area contributed by atoms with E-state index in [1.807, 2.05) is 59.5 Å². The highest BCUT2D eigenvalue weighted by Crippen LogP contribution is 2.40. The van der Waals surface area contributed by atoms with Crippen LogP contribution in [0.3, 0.4) is 0 Å². The molecule has 28 nitrogen and oxygen atoms in total. The van der Waals surface area contributed by atoms with Gasteiger partial charge in [-0.05, 0) is 204 Å². The van der Waals surface area contributed by atoms with Crippen LogP contribution in [0.5, 0.6) is 11.8 Å². The first kappa shape index (κ1) is 105. The van der Waals surface area contributed by atoms with E-state index in [1.54, 1.807) is 14.2 Å². The highest BCUT2D eigenvalue weighted by Gasteiger charge is 2.38. The molecule has 5 amide bonds. The Bertz CT molecular complexity index is 5900. The number of amides is 5. The van der Waals surface area contributed by atoms with Crippen molar-refractivity contribution in [3.8, 4) is 11.8 Å². The minimum Gasteiger partial charge on any atom is -0.481 e. The largest absolute Gasteiger partial charge is 0.481 e. The van der Waals surface area contributed by atoms with E-state index in [0.717, 1.165) is 277 Å². The first-order chi connectivity index (χ1) is 70.0. The number of imidazole rings is 4. The highest BCUT2D eigenvalue weighted by molar-refractivity contribution is 7.09. The van der Waals surface area contributed by atoms with E-state index in [9.17, 15) is 24.0 Å². The molecule has 0 spiro atoms. The molecule has 8 aliphatic rings. The van der Waals surface area contributed by atoms with E-state index in [0.29, 0.717) is 113 Å². The van der Waals surface area contributed by atoms with Crippen molar-refractivity contribution >= 4 is 102 Å². The van der Waals surface area contributed by atoms with E-state index in [2.05, 4.69) is 189 Å². The second-order valence-corrected chi connectivity index (χ2v) is 41.6. The standard InChI is InChI=1S/C30H41N5O2.C29H39N5O2.C28H42N4O3.C27H38N6OS/c1-4-33(24-11-6-5-7-12-24)29(36)19-20-34-26-14-9-8-13-25(26)31-30(34)23-18-17-22(2)35(21-23)27-15-10-16-28(32-27)37-3;1-3-33(23-12-5-4-6-13-23)28(35)18-20-34-25-15-8-7-14-24(25)30-29(34)22-11-10-19-32(21-22)26-16-9-17-27(31-26)36-2;1-3-5-20-35-28(34)30-18-11-12-22(21-30)27-29-24-15-9-10-16-25(24)32(27)19-17-26(33)31(4-2)23-13-7-6-8-14-23;1-3-24-29-27(35-30-24)31-17-10-11-20(19-31)26-28-22-14-8-9-15-23(22)33(26)18-16-25(34)32(4-2)21-12-6-5-7-13-21/h8-10,13-16,22-24H,4-7,11-12,17-21H2,1-3H3;7-9,14-17,22-23H,3-6,10-13,18-21H2,1-2H3;9-10,15-16,22-23H,3-8,11-14,17-21H2,1-2H3;8-9,14-15,20-21H,3-7,10-13,16-19H2,1-2H3. The molecule has 4 saturated heterocycles. The average molecular weight is 1970 g/mol. The summed E-state index contributed by atoms with van der Waals surface area (Å²) in [5, 5.41) is 1.02. The Kier molecular flexibility index (Phi) is 38.0. The molecule has 4 aliphatic carbocycles. The van der Waals surface area contributed by atoms with Gasteiger partial charge in [0.05, 0.1) is 65.0 Å². The zero-order valence-corrected chi connectivity index (χ0v) is 87.9. The van der Waals surface area contributed by atoms with Gasteiger partial charge in [0.25, 0.3) is 0 Å². The first-order valence-corrected chi connectivity index (χ1v) is 55.8. The van der Waals surface area contributed by atoms with Crippen LogP contribution in [0.4, 0.5) is 21.6 Å². The van der Waals surface area contributed by atoms with Crippen molar-refractivity contribution in [2.75, 3.05) is 108 Å². The normalized spacial score (nSPS) is 19.6. The fourth-order valence-electron chi connectivity index (χ4n) is 24.1. The molecule has 4 aromatic carbocycles. The number of piperidine rings is 4. The van der Waals surface area contributed by atoms with Gasteiger partial charge in [-0.3, -0.25) is 19.2 Å². The lowest BCUT2D eigenvalue weighted by molar-refractivity contribution is -0.135. The molecule has 8 fully saturated rings. The number of carbonyl (C=O) groups excluding carboxylic acids is 5. The highest BCUT2D eigenvalue weighted by atomic mass is 32.1. The zero-order chi connectivity index (χ0) is 99.5. The molecule has 770 valence electrons. The van der Waals surface area contributed by atoms with Gasteiger partial charge in [0.2, 0.25) is 40.5 Å². The van der Waals surface area contributed by atoms with Crippen molar-refractivity contribution in [1.29, 1.82) is 0 Å². The number of hydrogen-bond donors (Lipinski definition) is 0. The van der Waals surface area contributed by atoms with Crippen LogP contribution in [-0.2, 0) is 56.5 Å². The number of aromatic nitrogens is 12. The molecule has 0 bridgehead atoms. The Morgan fingerprint density at radius 3 is 1.10 bits per heavy atom. The number of likely N-dealkylation sites (tertiary alicyclic amines) is 1. The van der Waals surface area contributed by atoms with E-state index < -0.39 is 0 Å². The summed E-state index contributed by atoms with van der Waals surface area (Å²) in [7, 11) is 3.31. The summed E-state index contributed by atoms with van der Waals surface area (Å²) in [4.78, 5) is 118. The number of para-hydroxylation sites is 8. The lowest BCUT2D eigenvalue weighted by atomic mass is 9.92. The summed E-state index contributed by atoms with van der Waals surface area (Å²) in [6, 6.07) is 47.2. The Morgan fingerprint density at radius 2 is 0.720 bits per heavy atom. The number of aryl methyl sites for hydroxylation is 5. The van der Waals surface area contributed by atoms with Gasteiger partial charge in [0, 0.05) is 208 Å². The number of pyridine rings is 2. The number of carbonyl (C=O) groups is 5. The molecule has 7 aromatic heterocycles. The maximum absolute atomic E-state index is 13.4. The van der Waals surface area contributed by atoms with Gasteiger partial charge in [-0.1, -0.05) is 158 Å². The molecule has 143 heavy (non-hydrogen) atoms. The van der Waals surface area contributed by atoms with Crippen molar-refractivity contribution in [3.05, 3.63) is 163 Å². The minimum atomic E-state index is -0.216. The van der Waals surface area contributed by atoms with E-state index in [-0.39, 0.29) is 47.5 Å². The van der Waals surface area contributed by atoms with Crippen LogP contribution in [0, 0.1) is 0 Å². The van der Waals surface area contributed by atoms with Crippen LogP contribution >= 0.6 is 11.5 Å². The van der Waals surface area contributed by atoms with Crippen molar-refractivity contribution in [3.63, 3.8) is 0 Å². The number of ether oxygens (including phenoxy) is 3. The maximum atomic E-state index is 13.4. The van der Waals surface area contributed by atoms with Gasteiger partial charge in [0.1, 0.15) is 40.8 Å². The molecule has 4 aliphatic heterocycles. The molecule has 19 rings (SSSR count). The van der Waals surface area contributed by atoms with Gasteiger partial charge in [-0.15, -0.1) is 0 Å². The molecule has 5 unspecified atom stereocenters. The monoisotopic (exact) mass is 1970 g/mol. The summed E-state index contributed by atoms with van der Waals surface area (Å²) < 4.78 is 29.9. The molecule has 5 atom stereocenters.